The largest absolute Gasteiger partial charge is 0.458 e. The van der Waals surface area contributed by atoms with Gasteiger partial charge in [0, 0.05) is 10.9 Å². The molecule has 0 aliphatic rings. The molecule has 1 heterocycles. The average molecular weight is 256 g/mol. The van der Waals surface area contributed by atoms with Crippen LogP contribution in [0.15, 0.2) is 59.0 Å². The fourth-order valence-electron chi connectivity index (χ4n) is 2.21. The van der Waals surface area contributed by atoms with Gasteiger partial charge in [0.15, 0.2) is 0 Å². The van der Waals surface area contributed by atoms with Crippen LogP contribution in [0.3, 0.4) is 0 Å². The molecule has 3 rings (SSSR count). The molecule has 19 heavy (non-hydrogen) atoms. The lowest BCUT2D eigenvalue weighted by Crippen LogP contribution is -2.23. The number of rotatable bonds is 2. The Morgan fingerprint density at radius 2 is 1.74 bits per heavy atom. The zero-order chi connectivity index (χ0) is 13.5. The van der Waals surface area contributed by atoms with Gasteiger partial charge in [0.05, 0.1) is 0 Å². The fourth-order valence-corrected chi connectivity index (χ4v) is 2.21. The molecule has 96 valence electrons. The highest BCUT2D eigenvalue weighted by molar-refractivity contribution is 5.78. The fraction of sp³-hybridized carbons (Fsp3) is 0.125. The van der Waals surface area contributed by atoms with Crippen LogP contribution in [0, 0.1) is 5.82 Å². The first kappa shape index (κ1) is 11.9. The van der Waals surface area contributed by atoms with Gasteiger partial charge in [0.2, 0.25) is 0 Å². The monoisotopic (exact) mass is 256 g/mol. The second-order valence-electron chi connectivity index (χ2n) is 4.70. The molecule has 1 N–H and O–H groups in total. The topological polar surface area (TPSA) is 33.4 Å². The first-order valence-corrected chi connectivity index (χ1v) is 6.05. The van der Waals surface area contributed by atoms with E-state index in [1.165, 1.54) is 13.0 Å². The summed E-state index contributed by atoms with van der Waals surface area (Å²) in [5.41, 5.74) is -0.618. The minimum atomic E-state index is -1.50. The van der Waals surface area contributed by atoms with Gasteiger partial charge in [0.25, 0.3) is 0 Å². The number of hydrogen-bond acceptors (Lipinski definition) is 2. The Hall–Kier alpha value is -2.13. The summed E-state index contributed by atoms with van der Waals surface area (Å²) in [6, 6.07) is 15.3. The van der Waals surface area contributed by atoms with E-state index < -0.39 is 11.4 Å². The molecular weight excluding hydrogens is 243 g/mol. The van der Waals surface area contributed by atoms with Crippen LogP contribution in [0.4, 0.5) is 4.39 Å². The molecule has 0 amide bonds. The highest BCUT2D eigenvalue weighted by Gasteiger charge is 2.32. The first-order valence-electron chi connectivity index (χ1n) is 6.05. The van der Waals surface area contributed by atoms with Crippen LogP contribution in [0.2, 0.25) is 0 Å². The summed E-state index contributed by atoms with van der Waals surface area (Å²) in [5.74, 6) is -0.119. The van der Waals surface area contributed by atoms with Crippen LogP contribution < -0.4 is 0 Å². The number of fused-ring (bicyclic) bond motifs is 1. The van der Waals surface area contributed by atoms with Crippen molar-refractivity contribution in [1.82, 2.24) is 0 Å². The molecule has 0 radical (unpaired) electrons. The lowest BCUT2D eigenvalue weighted by molar-refractivity contribution is 0.0748. The molecule has 0 aliphatic carbocycles. The van der Waals surface area contributed by atoms with Crippen LogP contribution in [-0.2, 0) is 5.60 Å². The van der Waals surface area contributed by atoms with Gasteiger partial charge in [0.1, 0.15) is 22.8 Å². The van der Waals surface area contributed by atoms with E-state index in [4.69, 9.17) is 4.42 Å². The van der Waals surface area contributed by atoms with Crippen LogP contribution in [0.1, 0.15) is 18.2 Å². The van der Waals surface area contributed by atoms with Gasteiger partial charge in [-0.05, 0) is 25.1 Å². The van der Waals surface area contributed by atoms with Crippen molar-refractivity contribution in [2.75, 3.05) is 0 Å². The summed E-state index contributed by atoms with van der Waals surface area (Å²) in [4.78, 5) is 0. The van der Waals surface area contributed by atoms with E-state index in [1.807, 2.05) is 24.3 Å². The lowest BCUT2D eigenvalue weighted by Gasteiger charge is -2.21. The molecule has 3 heteroatoms. The number of furan rings is 1. The third kappa shape index (κ3) is 1.92. The molecule has 0 aliphatic heterocycles. The molecule has 0 fully saturated rings. The van der Waals surface area contributed by atoms with E-state index in [2.05, 4.69) is 0 Å². The molecule has 1 atom stereocenters. The predicted octanol–water partition coefficient (Wildman–Crippen LogP) is 3.83. The van der Waals surface area contributed by atoms with E-state index >= 15 is 0 Å². The second kappa shape index (κ2) is 4.21. The molecule has 2 aromatic carbocycles. The summed E-state index contributed by atoms with van der Waals surface area (Å²) in [6.07, 6.45) is 0. The van der Waals surface area contributed by atoms with Gasteiger partial charge in [-0.3, -0.25) is 0 Å². The summed E-state index contributed by atoms with van der Waals surface area (Å²) in [5, 5.41) is 11.5. The van der Waals surface area contributed by atoms with Crippen molar-refractivity contribution >= 4 is 11.0 Å². The smallest absolute Gasteiger partial charge is 0.147 e. The molecule has 2 nitrogen and oxygen atoms in total. The van der Waals surface area contributed by atoms with E-state index in [9.17, 15) is 9.50 Å². The summed E-state index contributed by atoms with van der Waals surface area (Å²) in [7, 11) is 0. The Labute approximate surface area is 110 Å². The molecule has 0 spiro atoms. The highest BCUT2D eigenvalue weighted by atomic mass is 19.1. The molecule has 1 unspecified atom stereocenters. The van der Waals surface area contributed by atoms with Crippen molar-refractivity contribution in [3.8, 4) is 0 Å². The van der Waals surface area contributed by atoms with E-state index in [-0.39, 0.29) is 5.56 Å². The van der Waals surface area contributed by atoms with Crippen LogP contribution in [0.5, 0.6) is 0 Å². The van der Waals surface area contributed by atoms with Crippen molar-refractivity contribution in [3.63, 3.8) is 0 Å². The quantitative estimate of drug-likeness (QED) is 0.756. The minimum absolute atomic E-state index is 0.203. The van der Waals surface area contributed by atoms with Gasteiger partial charge in [-0.15, -0.1) is 0 Å². The van der Waals surface area contributed by atoms with Crippen LogP contribution >= 0.6 is 0 Å². The van der Waals surface area contributed by atoms with Crippen LogP contribution in [-0.4, -0.2) is 5.11 Å². The van der Waals surface area contributed by atoms with E-state index in [0.29, 0.717) is 11.3 Å². The standard InChI is InChI=1S/C16H13FO2/c1-16(18,12-7-3-4-8-13(12)17)15-10-11-6-2-5-9-14(11)19-15/h2-10,18H,1H3. The Morgan fingerprint density at radius 3 is 2.47 bits per heavy atom. The van der Waals surface area contributed by atoms with Crippen molar-refractivity contribution in [2.24, 2.45) is 0 Å². The van der Waals surface area contributed by atoms with Crippen molar-refractivity contribution in [3.05, 3.63) is 71.7 Å². The van der Waals surface area contributed by atoms with Crippen molar-refractivity contribution in [2.45, 2.75) is 12.5 Å². The van der Waals surface area contributed by atoms with Gasteiger partial charge >= 0.3 is 0 Å². The van der Waals surface area contributed by atoms with Crippen molar-refractivity contribution in [1.29, 1.82) is 0 Å². The maximum Gasteiger partial charge on any atom is 0.147 e. The summed E-state index contributed by atoms with van der Waals surface area (Å²) >= 11 is 0. The molecule has 0 saturated heterocycles. The summed E-state index contributed by atoms with van der Waals surface area (Å²) < 4.78 is 19.5. The lowest BCUT2D eigenvalue weighted by atomic mass is 9.93. The number of benzene rings is 2. The van der Waals surface area contributed by atoms with Crippen molar-refractivity contribution < 1.29 is 13.9 Å². The highest BCUT2D eigenvalue weighted by Crippen LogP contribution is 2.34. The minimum Gasteiger partial charge on any atom is -0.458 e. The molecule has 0 bridgehead atoms. The Bertz CT molecular complexity index is 695. The third-order valence-corrected chi connectivity index (χ3v) is 3.30. The number of halogens is 1. The number of hydrogen-bond donors (Lipinski definition) is 1. The van der Waals surface area contributed by atoms with Gasteiger partial charge < -0.3 is 9.52 Å². The second-order valence-corrected chi connectivity index (χ2v) is 4.70. The average Bonchev–Trinajstić information content (AvgIpc) is 2.83. The summed E-state index contributed by atoms with van der Waals surface area (Å²) in [6.45, 7) is 1.53. The van der Waals surface area contributed by atoms with Gasteiger partial charge in [-0.25, -0.2) is 4.39 Å². The van der Waals surface area contributed by atoms with E-state index in [1.54, 1.807) is 24.3 Å². The van der Waals surface area contributed by atoms with Crippen LogP contribution in [0.25, 0.3) is 11.0 Å². The molecule has 3 aromatic rings. The maximum absolute atomic E-state index is 13.8. The number of para-hydroxylation sites is 1. The molecule has 0 saturated carbocycles. The van der Waals surface area contributed by atoms with E-state index in [0.717, 1.165) is 5.39 Å². The number of aliphatic hydroxyl groups is 1. The predicted molar refractivity (Wildman–Crippen MR) is 71.3 cm³/mol. The van der Waals surface area contributed by atoms with Gasteiger partial charge in [-0.2, -0.15) is 0 Å². The Balaban J connectivity index is 2.16. The molecular formula is C16H13FO2. The Morgan fingerprint density at radius 1 is 1.05 bits per heavy atom. The SMILES string of the molecule is CC(O)(c1cc2ccccc2o1)c1ccccc1F. The Kier molecular flexibility index (Phi) is 2.64. The first-order chi connectivity index (χ1) is 9.09. The van der Waals surface area contributed by atoms with Gasteiger partial charge in [-0.1, -0.05) is 36.4 Å². The zero-order valence-electron chi connectivity index (χ0n) is 10.4. The third-order valence-electron chi connectivity index (χ3n) is 3.30. The normalized spacial score (nSPS) is 14.5. The zero-order valence-corrected chi connectivity index (χ0v) is 10.4. The molecule has 1 aromatic heterocycles. The maximum atomic E-state index is 13.8.